The summed E-state index contributed by atoms with van der Waals surface area (Å²) < 4.78 is 29.7. The summed E-state index contributed by atoms with van der Waals surface area (Å²) in [7, 11) is -1.91. The molecule has 24 heavy (non-hydrogen) atoms. The van der Waals surface area contributed by atoms with Crippen LogP contribution in [0.25, 0.3) is 0 Å². The van der Waals surface area contributed by atoms with Crippen molar-refractivity contribution in [1.82, 2.24) is 13.9 Å². The third kappa shape index (κ3) is 4.34. The van der Waals surface area contributed by atoms with Crippen LogP contribution in [0.3, 0.4) is 0 Å². The molecule has 1 aromatic rings. The molecule has 2 atom stereocenters. The van der Waals surface area contributed by atoms with Crippen LogP contribution in [0.2, 0.25) is 0 Å². The van der Waals surface area contributed by atoms with E-state index in [4.69, 9.17) is 5.11 Å². The van der Waals surface area contributed by atoms with Crippen molar-refractivity contribution in [3.05, 3.63) is 35.9 Å². The Hall–Kier alpha value is -0.990. The van der Waals surface area contributed by atoms with Crippen LogP contribution in [0.1, 0.15) is 18.4 Å². The van der Waals surface area contributed by atoms with Crippen LogP contribution in [-0.4, -0.2) is 62.1 Å². The van der Waals surface area contributed by atoms with Crippen LogP contribution >= 0.6 is 0 Å². The molecule has 7 heteroatoms. The summed E-state index contributed by atoms with van der Waals surface area (Å²) in [6, 6.07) is 9.54. The van der Waals surface area contributed by atoms with Crippen molar-refractivity contribution >= 4 is 10.2 Å². The van der Waals surface area contributed by atoms with Crippen LogP contribution in [0.5, 0.6) is 0 Å². The Morgan fingerprint density at radius 1 is 1.25 bits per heavy atom. The van der Waals surface area contributed by atoms with E-state index in [1.165, 1.54) is 17.1 Å². The van der Waals surface area contributed by atoms with Gasteiger partial charge in [0.1, 0.15) is 0 Å². The molecule has 134 valence electrons. The van der Waals surface area contributed by atoms with Gasteiger partial charge in [-0.25, -0.2) is 0 Å². The molecule has 2 N–H and O–H groups in total. The molecule has 2 aliphatic rings. The van der Waals surface area contributed by atoms with Gasteiger partial charge in [0, 0.05) is 39.3 Å². The van der Waals surface area contributed by atoms with Crippen molar-refractivity contribution in [1.29, 1.82) is 0 Å². The van der Waals surface area contributed by atoms with Crippen LogP contribution in [0, 0.1) is 11.8 Å². The lowest BCUT2D eigenvalue weighted by atomic mass is 9.99. The fourth-order valence-electron chi connectivity index (χ4n) is 3.57. The minimum absolute atomic E-state index is 0.0627. The zero-order chi connectivity index (χ0) is 17.2. The zero-order valence-electron chi connectivity index (χ0n) is 14.1. The lowest BCUT2D eigenvalue weighted by Crippen LogP contribution is -2.47. The summed E-state index contributed by atoms with van der Waals surface area (Å²) in [5.74, 6) is 0.984. The molecule has 2 fully saturated rings. The van der Waals surface area contributed by atoms with E-state index in [0.29, 0.717) is 31.5 Å². The number of likely N-dealkylation sites (tertiary alicyclic amines) is 1. The number of hydrogen-bond acceptors (Lipinski definition) is 4. The van der Waals surface area contributed by atoms with Crippen LogP contribution in [-0.2, 0) is 16.8 Å². The second-order valence-electron chi connectivity index (χ2n) is 6.96. The Labute approximate surface area is 144 Å². The molecule has 0 radical (unpaired) electrons. The van der Waals surface area contributed by atoms with E-state index in [1.54, 1.807) is 7.05 Å². The van der Waals surface area contributed by atoms with E-state index >= 15 is 0 Å². The molecule has 1 aliphatic carbocycles. The number of aliphatic hydroxyl groups excluding tert-OH is 1. The van der Waals surface area contributed by atoms with Crippen molar-refractivity contribution in [2.24, 2.45) is 11.8 Å². The van der Waals surface area contributed by atoms with Gasteiger partial charge in [-0.1, -0.05) is 30.3 Å². The predicted octanol–water partition coefficient (Wildman–Crippen LogP) is 0.655. The van der Waals surface area contributed by atoms with Crippen LogP contribution in [0.15, 0.2) is 30.3 Å². The van der Waals surface area contributed by atoms with E-state index in [9.17, 15) is 8.42 Å². The normalized spacial score (nSPS) is 25.5. The second kappa shape index (κ2) is 7.49. The summed E-state index contributed by atoms with van der Waals surface area (Å²) in [5.41, 5.74) is 0.970. The highest BCUT2D eigenvalue weighted by molar-refractivity contribution is 7.87. The molecule has 0 bridgehead atoms. The van der Waals surface area contributed by atoms with Gasteiger partial charge in [-0.05, 0) is 30.2 Å². The van der Waals surface area contributed by atoms with Gasteiger partial charge < -0.3 is 5.11 Å². The van der Waals surface area contributed by atoms with Gasteiger partial charge in [0.25, 0.3) is 10.2 Å². The van der Waals surface area contributed by atoms with E-state index in [1.807, 2.05) is 30.3 Å². The Kier molecular flexibility index (Phi) is 5.56. The van der Waals surface area contributed by atoms with Gasteiger partial charge in [0.15, 0.2) is 0 Å². The van der Waals surface area contributed by atoms with Crippen molar-refractivity contribution in [2.75, 3.05) is 33.3 Å². The highest BCUT2D eigenvalue weighted by Crippen LogP contribution is 2.41. The van der Waals surface area contributed by atoms with Crippen molar-refractivity contribution in [3.8, 4) is 0 Å². The quantitative estimate of drug-likeness (QED) is 0.720. The smallest absolute Gasteiger partial charge is 0.279 e. The number of aliphatic hydroxyl groups is 1. The van der Waals surface area contributed by atoms with Crippen LogP contribution < -0.4 is 4.72 Å². The van der Waals surface area contributed by atoms with E-state index < -0.39 is 10.2 Å². The topological polar surface area (TPSA) is 72.9 Å². The summed E-state index contributed by atoms with van der Waals surface area (Å²) >= 11 is 0. The summed E-state index contributed by atoms with van der Waals surface area (Å²) in [6.07, 6.45) is 2.38. The summed E-state index contributed by atoms with van der Waals surface area (Å²) in [6.45, 7) is 2.64. The number of rotatable bonds is 8. The van der Waals surface area contributed by atoms with Crippen molar-refractivity contribution in [3.63, 3.8) is 0 Å². The molecular weight excluding hydrogens is 326 g/mol. The predicted molar refractivity (Wildman–Crippen MR) is 93.5 cm³/mol. The second-order valence-corrected chi connectivity index (χ2v) is 8.76. The first-order chi connectivity index (χ1) is 11.5. The first-order valence-electron chi connectivity index (χ1n) is 8.60. The fraction of sp³-hybridized carbons (Fsp3) is 0.647. The maximum Gasteiger partial charge on any atom is 0.279 e. The molecule has 0 unspecified atom stereocenters. The third-order valence-corrected chi connectivity index (χ3v) is 6.59. The molecular formula is C17H27N3O3S. The van der Waals surface area contributed by atoms with Gasteiger partial charge in [-0.2, -0.15) is 17.4 Å². The van der Waals surface area contributed by atoms with Gasteiger partial charge in [0.2, 0.25) is 0 Å². The fourth-order valence-corrected chi connectivity index (χ4v) is 4.70. The number of hydrogen-bond donors (Lipinski definition) is 2. The van der Waals surface area contributed by atoms with Gasteiger partial charge >= 0.3 is 0 Å². The lowest BCUT2D eigenvalue weighted by molar-refractivity contribution is 0.215. The number of benzene rings is 1. The van der Waals surface area contributed by atoms with Crippen molar-refractivity contribution < 1.29 is 13.5 Å². The SMILES string of the molecule is CN(Cc1ccccc1)S(=O)(=O)N[C@@H]1CN(CCO)C[C@H]1C1CC1. The van der Waals surface area contributed by atoms with E-state index in [-0.39, 0.29) is 12.6 Å². The number of nitrogens with one attached hydrogen (secondary N) is 1. The maximum absolute atomic E-state index is 12.7. The summed E-state index contributed by atoms with van der Waals surface area (Å²) in [4.78, 5) is 2.16. The molecule has 0 amide bonds. The molecule has 1 heterocycles. The Morgan fingerprint density at radius 2 is 1.96 bits per heavy atom. The monoisotopic (exact) mass is 353 g/mol. The minimum Gasteiger partial charge on any atom is -0.395 e. The van der Waals surface area contributed by atoms with Gasteiger partial charge in [-0.3, -0.25) is 4.90 Å². The Morgan fingerprint density at radius 3 is 2.58 bits per heavy atom. The third-order valence-electron chi connectivity index (χ3n) is 5.04. The average molecular weight is 353 g/mol. The highest BCUT2D eigenvalue weighted by Gasteiger charge is 2.43. The highest BCUT2D eigenvalue weighted by atomic mass is 32.2. The van der Waals surface area contributed by atoms with Gasteiger partial charge in [-0.15, -0.1) is 0 Å². The van der Waals surface area contributed by atoms with Crippen LogP contribution in [0.4, 0.5) is 0 Å². The zero-order valence-corrected chi connectivity index (χ0v) is 15.0. The molecule has 1 saturated heterocycles. The Bertz CT molecular complexity index is 634. The first-order valence-corrected chi connectivity index (χ1v) is 10.0. The number of nitrogens with zero attached hydrogens (tertiary/aromatic N) is 2. The molecule has 0 spiro atoms. The number of β-amino-alcohol motifs (C(OH)–C–C–N with tert-alkyl or cyclic N) is 1. The maximum atomic E-state index is 12.7. The Balaban J connectivity index is 1.64. The molecule has 1 aromatic carbocycles. The first kappa shape index (κ1) is 17.8. The van der Waals surface area contributed by atoms with Crippen molar-refractivity contribution in [2.45, 2.75) is 25.4 Å². The molecule has 1 saturated carbocycles. The van der Waals surface area contributed by atoms with Gasteiger partial charge in [0.05, 0.1) is 6.61 Å². The molecule has 6 nitrogen and oxygen atoms in total. The average Bonchev–Trinajstić information content (AvgIpc) is 3.31. The summed E-state index contributed by atoms with van der Waals surface area (Å²) in [5, 5.41) is 9.15. The van der Waals surface area contributed by atoms with E-state index in [0.717, 1.165) is 12.1 Å². The standard InChI is InChI=1S/C17H27N3O3S/c1-19(11-14-5-3-2-4-6-14)24(22,23)18-17-13-20(9-10-21)12-16(17)15-7-8-15/h2-6,15-18,21H,7-13H2,1H3/t16-,17+/m0/s1. The lowest BCUT2D eigenvalue weighted by Gasteiger charge is -2.24. The molecule has 3 rings (SSSR count). The molecule has 0 aromatic heterocycles. The van der Waals surface area contributed by atoms with E-state index in [2.05, 4.69) is 9.62 Å². The minimum atomic E-state index is -3.52. The largest absolute Gasteiger partial charge is 0.395 e. The molecule has 1 aliphatic heterocycles.